The minimum atomic E-state index is -0.706. The molecular formula is C14H15Cl2FN4OS. The molecule has 23 heavy (non-hydrogen) atoms. The first-order valence-corrected chi connectivity index (χ1v) is 9.18. The van der Waals surface area contributed by atoms with Gasteiger partial charge >= 0.3 is 0 Å². The van der Waals surface area contributed by atoms with Gasteiger partial charge in [-0.2, -0.15) is 0 Å². The first-order valence-electron chi connectivity index (χ1n) is 7.20. The van der Waals surface area contributed by atoms with Gasteiger partial charge in [0.25, 0.3) is 0 Å². The number of fused-ring (bicyclic) bond motifs is 1. The van der Waals surface area contributed by atoms with Crippen LogP contribution < -0.4 is 4.90 Å². The number of aliphatic hydroxyl groups excluding tert-OH is 1. The van der Waals surface area contributed by atoms with Crippen LogP contribution in [-0.4, -0.2) is 45.5 Å². The summed E-state index contributed by atoms with van der Waals surface area (Å²) in [5.41, 5.74) is 0.0617. The van der Waals surface area contributed by atoms with Crippen molar-refractivity contribution in [3.8, 4) is 0 Å². The maximum atomic E-state index is 14.4. The van der Waals surface area contributed by atoms with Crippen LogP contribution in [0.25, 0.3) is 10.9 Å². The van der Waals surface area contributed by atoms with Crippen LogP contribution in [0.5, 0.6) is 0 Å². The Morgan fingerprint density at radius 1 is 1.26 bits per heavy atom. The van der Waals surface area contributed by atoms with Gasteiger partial charge in [0.15, 0.2) is 16.1 Å². The van der Waals surface area contributed by atoms with Gasteiger partial charge in [0.1, 0.15) is 16.5 Å². The molecule has 0 spiro atoms. The number of halogens is 3. The highest BCUT2D eigenvalue weighted by atomic mass is 35.5. The molecule has 5 nitrogen and oxygen atoms in total. The van der Waals surface area contributed by atoms with Crippen LogP contribution in [0.1, 0.15) is 19.3 Å². The molecule has 1 fully saturated rings. The first kappa shape index (κ1) is 17.0. The highest BCUT2D eigenvalue weighted by Crippen LogP contribution is 2.36. The molecule has 1 saturated heterocycles. The second kappa shape index (κ2) is 6.93. The molecule has 0 aromatic carbocycles. The average molecular weight is 377 g/mol. The Morgan fingerprint density at radius 2 is 2.04 bits per heavy atom. The summed E-state index contributed by atoms with van der Waals surface area (Å²) in [6.45, 7) is 0.715. The molecule has 0 bridgehead atoms. The van der Waals surface area contributed by atoms with Gasteiger partial charge in [-0.3, -0.25) is 0 Å². The van der Waals surface area contributed by atoms with E-state index in [9.17, 15) is 9.50 Å². The molecule has 9 heteroatoms. The normalized spacial score (nSPS) is 18.7. The van der Waals surface area contributed by atoms with E-state index in [-0.39, 0.29) is 28.5 Å². The molecule has 0 saturated carbocycles. The zero-order valence-corrected chi connectivity index (χ0v) is 14.7. The summed E-state index contributed by atoms with van der Waals surface area (Å²) in [7, 11) is 0. The molecule has 1 aliphatic rings. The minimum absolute atomic E-state index is 0.00121. The lowest BCUT2D eigenvalue weighted by molar-refractivity contribution is 0.239. The van der Waals surface area contributed by atoms with Crippen LogP contribution in [0.2, 0.25) is 10.3 Å². The second-order valence-electron chi connectivity index (χ2n) is 5.29. The number of pyridine rings is 1. The van der Waals surface area contributed by atoms with E-state index < -0.39 is 5.82 Å². The summed E-state index contributed by atoms with van der Waals surface area (Å²) < 4.78 is 14.4. The predicted octanol–water partition coefficient (Wildman–Crippen LogP) is 3.54. The summed E-state index contributed by atoms with van der Waals surface area (Å²) in [4.78, 5) is 14.5. The summed E-state index contributed by atoms with van der Waals surface area (Å²) >= 11 is 13.3. The Bertz CT molecular complexity index is 749. The van der Waals surface area contributed by atoms with Crippen molar-refractivity contribution in [3.63, 3.8) is 0 Å². The molecule has 3 rings (SSSR count). The molecule has 0 amide bonds. The zero-order chi connectivity index (χ0) is 16.6. The van der Waals surface area contributed by atoms with Crippen molar-refractivity contribution in [3.05, 3.63) is 16.1 Å². The lowest BCUT2D eigenvalue weighted by atomic mass is 10.0. The topological polar surface area (TPSA) is 62.1 Å². The van der Waals surface area contributed by atoms with E-state index in [2.05, 4.69) is 15.0 Å². The van der Waals surface area contributed by atoms with Gasteiger partial charge in [0, 0.05) is 6.54 Å². The molecule has 124 valence electrons. The number of aromatic nitrogens is 3. The number of rotatable bonds is 3. The van der Waals surface area contributed by atoms with E-state index in [0.717, 1.165) is 19.3 Å². The predicted molar refractivity (Wildman–Crippen MR) is 91.2 cm³/mol. The fourth-order valence-corrected chi connectivity index (χ4v) is 3.67. The van der Waals surface area contributed by atoms with E-state index in [1.54, 1.807) is 0 Å². The molecule has 2 aromatic heterocycles. The zero-order valence-electron chi connectivity index (χ0n) is 12.4. The monoisotopic (exact) mass is 376 g/mol. The summed E-state index contributed by atoms with van der Waals surface area (Å²) in [5, 5.41) is 10.2. The van der Waals surface area contributed by atoms with E-state index in [4.69, 9.17) is 23.2 Å². The quantitative estimate of drug-likeness (QED) is 0.502. The maximum absolute atomic E-state index is 14.4. The van der Waals surface area contributed by atoms with Gasteiger partial charge in [-0.1, -0.05) is 35.0 Å². The smallest absolute Gasteiger partial charge is 0.189 e. The third-order valence-corrected chi connectivity index (χ3v) is 5.03. The molecular weight excluding hydrogens is 362 g/mol. The van der Waals surface area contributed by atoms with Crippen LogP contribution in [0, 0.1) is 5.82 Å². The Hall–Kier alpha value is -0.890. The van der Waals surface area contributed by atoms with E-state index in [1.807, 2.05) is 11.2 Å². The number of hydrogen-bond donors (Lipinski definition) is 1. The number of aliphatic hydroxyl groups is 1. The molecule has 2 aromatic rings. The fraction of sp³-hybridized carbons (Fsp3) is 0.500. The third-order valence-electron chi connectivity index (χ3n) is 3.95. The van der Waals surface area contributed by atoms with Gasteiger partial charge in [-0.15, -0.1) is 0 Å². The number of piperidine rings is 1. The van der Waals surface area contributed by atoms with Gasteiger partial charge in [0.05, 0.1) is 18.0 Å². The minimum Gasteiger partial charge on any atom is -0.394 e. The highest BCUT2D eigenvalue weighted by Gasteiger charge is 2.28. The van der Waals surface area contributed by atoms with Crippen LogP contribution in [0.15, 0.2) is 5.16 Å². The standard InChI is InChI=1S/C14H15Cl2FN4OS/c1-23-14-18-10-8(11(15)19-12(16)9(10)17)13(20-14)21-5-3-2-4-7(21)6-22/h7,22H,2-6H2,1H3/t7-/m0/s1. The fourth-order valence-electron chi connectivity index (χ4n) is 2.83. The number of nitrogens with zero attached hydrogens (tertiary/aromatic N) is 4. The van der Waals surface area contributed by atoms with Gasteiger partial charge in [-0.25, -0.2) is 19.3 Å². The van der Waals surface area contributed by atoms with Crippen molar-refractivity contribution in [2.75, 3.05) is 24.3 Å². The van der Waals surface area contributed by atoms with Crippen molar-refractivity contribution in [1.29, 1.82) is 0 Å². The number of anilines is 1. The van der Waals surface area contributed by atoms with E-state index in [0.29, 0.717) is 22.9 Å². The molecule has 0 aliphatic carbocycles. The molecule has 1 atom stereocenters. The first-order chi connectivity index (χ1) is 11.1. The second-order valence-corrected chi connectivity index (χ2v) is 6.78. The molecule has 3 heterocycles. The lowest BCUT2D eigenvalue weighted by Gasteiger charge is -2.36. The van der Waals surface area contributed by atoms with Crippen molar-refractivity contribution in [2.24, 2.45) is 0 Å². The lowest BCUT2D eigenvalue weighted by Crippen LogP contribution is -2.42. The molecule has 1 N–H and O–H groups in total. The number of hydrogen-bond acceptors (Lipinski definition) is 6. The summed E-state index contributed by atoms with van der Waals surface area (Å²) in [6, 6.07) is -0.0774. The Kier molecular flexibility index (Phi) is 5.10. The average Bonchev–Trinajstić information content (AvgIpc) is 2.58. The van der Waals surface area contributed by atoms with Crippen LogP contribution in [-0.2, 0) is 0 Å². The Labute approximate surface area is 147 Å². The molecule has 0 unspecified atom stereocenters. The van der Waals surface area contributed by atoms with Gasteiger partial charge in [-0.05, 0) is 25.5 Å². The van der Waals surface area contributed by atoms with Crippen molar-refractivity contribution >= 4 is 51.7 Å². The van der Waals surface area contributed by atoms with E-state index >= 15 is 0 Å². The van der Waals surface area contributed by atoms with Crippen molar-refractivity contribution in [2.45, 2.75) is 30.5 Å². The van der Waals surface area contributed by atoms with Crippen molar-refractivity contribution in [1.82, 2.24) is 15.0 Å². The van der Waals surface area contributed by atoms with Crippen LogP contribution in [0.4, 0.5) is 10.2 Å². The van der Waals surface area contributed by atoms with Crippen LogP contribution in [0.3, 0.4) is 0 Å². The number of thioether (sulfide) groups is 1. The van der Waals surface area contributed by atoms with Gasteiger partial charge in [0.2, 0.25) is 0 Å². The molecule has 1 aliphatic heterocycles. The SMILES string of the molecule is CSc1nc(N2CCCC[C@H]2CO)c2c(Cl)nc(Cl)c(F)c2n1. The largest absolute Gasteiger partial charge is 0.394 e. The summed E-state index contributed by atoms with van der Waals surface area (Å²) in [6.07, 6.45) is 4.66. The third kappa shape index (κ3) is 3.07. The molecule has 0 radical (unpaired) electrons. The Morgan fingerprint density at radius 3 is 2.74 bits per heavy atom. The summed E-state index contributed by atoms with van der Waals surface area (Å²) in [5.74, 6) is -0.200. The van der Waals surface area contributed by atoms with E-state index in [1.165, 1.54) is 11.8 Å². The Balaban J connectivity index is 2.28. The van der Waals surface area contributed by atoms with Crippen molar-refractivity contribution < 1.29 is 9.50 Å². The van der Waals surface area contributed by atoms with Gasteiger partial charge < -0.3 is 10.0 Å². The highest BCUT2D eigenvalue weighted by molar-refractivity contribution is 7.98. The van der Waals surface area contributed by atoms with Crippen LogP contribution >= 0.6 is 35.0 Å². The maximum Gasteiger partial charge on any atom is 0.189 e.